The van der Waals surface area contributed by atoms with Crippen LogP contribution in [0.1, 0.15) is 5.56 Å². The fraction of sp³-hybridized carbons (Fsp3) is 0.154. The maximum Gasteiger partial charge on any atom is 0.364 e. The minimum atomic E-state index is -0.332. The van der Waals surface area contributed by atoms with Crippen molar-refractivity contribution in [2.75, 3.05) is 11.9 Å². The van der Waals surface area contributed by atoms with E-state index < -0.39 is 0 Å². The summed E-state index contributed by atoms with van der Waals surface area (Å²) < 4.78 is 1.24. The molecule has 0 aliphatic carbocycles. The third kappa shape index (κ3) is 2.47. The van der Waals surface area contributed by atoms with Crippen LogP contribution >= 0.6 is 0 Å². The number of fused-ring (bicyclic) bond motifs is 1. The fourth-order valence-electron chi connectivity index (χ4n) is 1.88. The largest absolute Gasteiger partial charge is 0.368 e. The minimum Gasteiger partial charge on any atom is -0.368 e. The Labute approximate surface area is 109 Å². The van der Waals surface area contributed by atoms with Crippen LogP contribution in [0.15, 0.2) is 47.3 Å². The molecule has 1 aromatic carbocycles. The zero-order chi connectivity index (χ0) is 13.1. The Morgan fingerprint density at radius 1 is 1.16 bits per heavy atom. The zero-order valence-electron chi connectivity index (χ0n) is 10.2. The number of nitrogens with zero attached hydrogens (tertiary/aromatic N) is 3. The van der Waals surface area contributed by atoms with Gasteiger partial charge >= 0.3 is 5.69 Å². The molecule has 2 heterocycles. The first-order valence-corrected chi connectivity index (χ1v) is 6.05. The van der Waals surface area contributed by atoms with E-state index in [9.17, 15) is 4.79 Å². The van der Waals surface area contributed by atoms with Crippen LogP contribution < -0.4 is 11.0 Å². The van der Waals surface area contributed by atoms with Crippen molar-refractivity contribution < 1.29 is 0 Å². The first-order valence-electron chi connectivity index (χ1n) is 6.05. The van der Waals surface area contributed by atoms with Gasteiger partial charge in [0.05, 0.1) is 0 Å². The Morgan fingerprint density at radius 2 is 2.00 bits per heavy atom. The van der Waals surface area contributed by atoms with Gasteiger partial charge in [-0.2, -0.15) is 9.61 Å². The van der Waals surface area contributed by atoms with Crippen LogP contribution in [-0.2, 0) is 6.42 Å². The van der Waals surface area contributed by atoms with E-state index in [1.807, 2.05) is 18.2 Å². The summed E-state index contributed by atoms with van der Waals surface area (Å²) in [7, 11) is 0. The van der Waals surface area contributed by atoms with Gasteiger partial charge in [0, 0.05) is 6.54 Å². The van der Waals surface area contributed by atoms with Crippen molar-refractivity contribution in [3.63, 3.8) is 0 Å². The van der Waals surface area contributed by atoms with Crippen LogP contribution in [0.3, 0.4) is 0 Å². The van der Waals surface area contributed by atoms with Crippen LogP contribution in [0.4, 0.5) is 5.82 Å². The lowest BCUT2D eigenvalue weighted by Gasteiger charge is -2.05. The first-order chi connectivity index (χ1) is 9.33. The van der Waals surface area contributed by atoms with Gasteiger partial charge in [0.1, 0.15) is 5.82 Å². The summed E-state index contributed by atoms with van der Waals surface area (Å²) in [4.78, 5) is 11.4. The predicted molar refractivity (Wildman–Crippen MR) is 72.2 cm³/mol. The summed E-state index contributed by atoms with van der Waals surface area (Å²) >= 11 is 0. The van der Waals surface area contributed by atoms with E-state index in [0.717, 1.165) is 13.0 Å². The standard InChI is InChI=1S/C13H13N5O/c19-13-16-15-12-7-6-11(17-18(12)13)14-9-8-10-4-2-1-3-5-10/h1-7H,8-9H2,(H,14,17)(H,16,19). The molecule has 6 heteroatoms. The van der Waals surface area contributed by atoms with Gasteiger partial charge in [-0.25, -0.2) is 9.89 Å². The fourth-order valence-corrected chi connectivity index (χ4v) is 1.88. The van der Waals surface area contributed by atoms with E-state index in [0.29, 0.717) is 11.5 Å². The lowest BCUT2D eigenvalue weighted by atomic mass is 10.1. The number of hydrogen-bond donors (Lipinski definition) is 2. The normalized spacial score (nSPS) is 10.7. The van der Waals surface area contributed by atoms with Crippen molar-refractivity contribution in [1.82, 2.24) is 19.8 Å². The number of anilines is 1. The summed E-state index contributed by atoms with van der Waals surface area (Å²) in [6.45, 7) is 0.759. The second-order valence-electron chi connectivity index (χ2n) is 4.18. The van der Waals surface area contributed by atoms with Gasteiger partial charge in [-0.3, -0.25) is 0 Å². The zero-order valence-corrected chi connectivity index (χ0v) is 10.2. The van der Waals surface area contributed by atoms with Gasteiger partial charge in [-0.15, -0.1) is 5.10 Å². The first kappa shape index (κ1) is 11.5. The summed E-state index contributed by atoms with van der Waals surface area (Å²) in [6.07, 6.45) is 0.904. The highest BCUT2D eigenvalue weighted by Crippen LogP contribution is 2.04. The lowest BCUT2D eigenvalue weighted by Crippen LogP contribution is -2.14. The van der Waals surface area contributed by atoms with Crippen molar-refractivity contribution >= 4 is 11.5 Å². The lowest BCUT2D eigenvalue weighted by molar-refractivity contribution is 0.871. The van der Waals surface area contributed by atoms with Crippen LogP contribution in [0.2, 0.25) is 0 Å². The monoisotopic (exact) mass is 255 g/mol. The summed E-state index contributed by atoms with van der Waals surface area (Å²) in [5, 5.41) is 13.5. The molecule has 0 spiro atoms. The number of aromatic nitrogens is 4. The van der Waals surface area contributed by atoms with E-state index in [-0.39, 0.29) is 5.69 Å². The van der Waals surface area contributed by atoms with Crippen molar-refractivity contribution in [3.05, 3.63) is 58.5 Å². The van der Waals surface area contributed by atoms with Crippen molar-refractivity contribution in [2.24, 2.45) is 0 Å². The van der Waals surface area contributed by atoms with Gasteiger partial charge in [-0.1, -0.05) is 30.3 Å². The molecule has 2 aromatic heterocycles. The number of benzene rings is 1. The quantitative estimate of drug-likeness (QED) is 0.731. The average Bonchev–Trinajstić information content (AvgIpc) is 2.82. The number of rotatable bonds is 4. The second kappa shape index (κ2) is 4.93. The summed E-state index contributed by atoms with van der Waals surface area (Å²) in [5.41, 5.74) is 1.44. The molecule has 0 fully saturated rings. The Balaban J connectivity index is 1.68. The molecule has 19 heavy (non-hydrogen) atoms. The maximum absolute atomic E-state index is 11.4. The van der Waals surface area contributed by atoms with Crippen LogP contribution in [0.5, 0.6) is 0 Å². The smallest absolute Gasteiger partial charge is 0.364 e. The third-order valence-corrected chi connectivity index (χ3v) is 2.84. The number of hydrogen-bond acceptors (Lipinski definition) is 4. The van der Waals surface area contributed by atoms with Crippen molar-refractivity contribution in [1.29, 1.82) is 0 Å². The second-order valence-corrected chi connectivity index (χ2v) is 4.18. The Morgan fingerprint density at radius 3 is 2.84 bits per heavy atom. The molecule has 0 saturated heterocycles. The highest BCUT2D eigenvalue weighted by Gasteiger charge is 2.02. The predicted octanol–water partition coefficient (Wildman–Crippen LogP) is 1.07. The molecule has 0 bridgehead atoms. The van der Waals surface area contributed by atoms with E-state index in [4.69, 9.17) is 0 Å². The van der Waals surface area contributed by atoms with Gasteiger partial charge in [0.2, 0.25) is 0 Å². The Hall–Kier alpha value is -2.63. The molecule has 3 aromatic rings. The molecule has 6 nitrogen and oxygen atoms in total. The average molecular weight is 255 g/mol. The van der Waals surface area contributed by atoms with Gasteiger partial charge in [0.15, 0.2) is 5.65 Å². The Bertz CT molecular complexity index is 731. The molecule has 2 N–H and O–H groups in total. The van der Waals surface area contributed by atoms with Gasteiger partial charge in [0.25, 0.3) is 0 Å². The molecule has 3 rings (SSSR count). The Kier molecular flexibility index (Phi) is 2.97. The number of nitrogens with one attached hydrogen (secondary N) is 2. The van der Waals surface area contributed by atoms with Crippen molar-refractivity contribution in [2.45, 2.75) is 6.42 Å². The molecular formula is C13H13N5O. The SMILES string of the molecule is O=c1[nH]nc2ccc(NCCc3ccccc3)nn12. The highest BCUT2D eigenvalue weighted by molar-refractivity contribution is 5.43. The van der Waals surface area contributed by atoms with Gasteiger partial charge < -0.3 is 5.32 Å². The van der Waals surface area contributed by atoms with Crippen LogP contribution in [-0.4, -0.2) is 26.4 Å². The minimum absolute atomic E-state index is 0.332. The van der Waals surface area contributed by atoms with Gasteiger partial charge in [-0.05, 0) is 24.1 Å². The topological polar surface area (TPSA) is 75.1 Å². The molecular weight excluding hydrogens is 242 g/mol. The third-order valence-electron chi connectivity index (χ3n) is 2.84. The number of H-pyrrole nitrogens is 1. The summed E-state index contributed by atoms with van der Waals surface area (Å²) in [6, 6.07) is 13.8. The molecule has 0 unspecified atom stereocenters. The molecule has 0 saturated carbocycles. The van der Waals surface area contributed by atoms with E-state index in [1.165, 1.54) is 10.1 Å². The van der Waals surface area contributed by atoms with E-state index in [2.05, 4.69) is 32.7 Å². The van der Waals surface area contributed by atoms with E-state index in [1.54, 1.807) is 12.1 Å². The maximum atomic E-state index is 11.4. The van der Waals surface area contributed by atoms with Crippen LogP contribution in [0.25, 0.3) is 5.65 Å². The molecule has 0 atom stereocenters. The summed E-state index contributed by atoms with van der Waals surface area (Å²) in [5.74, 6) is 0.659. The van der Waals surface area contributed by atoms with Crippen LogP contribution in [0, 0.1) is 0 Å². The molecule has 0 radical (unpaired) electrons. The number of aromatic amines is 1. The molecule has 96 valence electrons. The molecule has 0 amide bonds. The van der Waals surface area contributed by atoms with Crippen molar-refractivity contribution in [3.8, 4) is 0 Å². The molecule has 0 aliphatic heterocycles. The molecule has 0 aliphatic rings. The highest BCUT2D eigenvalue weighted by atomic mass is 16.2. The van der Waals surface area contributed by atoms with E-state index >= 15 is 0 Å².